The molecule has 0 bridgehead atoms. The summed E-state index contributed by atoms with van der Waals surface area (Å²) in [7, 11) is -0.402. The van der Waals surface area contributed by atoms with Crippen LogP contribution in [0.25, 0.3) is 0 Å². The van der Waals surface area contributed by atoms with Crippen molar-refractivity contribution in [3.05, 3.63) is 0 Å². The van der Waals surface area contributed by atoms with Crippen LogP contribution in [-0.2, 0) is 4.79 Å². The molecule has 0 aromatic rings. The molecule has 0 spiro atoms. The van der Waals surface area contributed by atoms with Crippen LogP contribution in [0.15, 0.2) is 0 Å². The van der Waals surface area contributed by atoms with Gasteiger partial charge < -0.3 is 0 Å². The van der Waals surface area contributed by atoms with Crippen LogP contribution < -0.4 is 0 Å². The minimum Gasteiger partial charge on any atom is -0.300 e. The fraction of sp³-hybridized carbons (Fsp3) is 0.889. The second kappa shape index (κ2) is 3.18. The first-order valence-corrected chi connectivity index (χ1v) is 7.11. The summed E-state index contributed by atoms with van der Waals surface area (Å²) in [4.78, 5) is 10.9. The van der Waals surface area contributed by atoms with E-state index < -0.39 is 10.0 Å². The van der Waals surface area contributed by atoms with E-state index in [0.717, 1.165) is 30.9 Å². The molecule has 0 amide bonds. The Labute approximate surface area is 70.9 Å². The van der Waals surface area contributed by atoms with Gasteiger partial charge in [0.15, 0.2) is 0 Å². The van der Waals surface area contributed by atoms with E-state index in [1.807, 2.05) is 0 Å². The zero-order valence-corrected chi connectivity index (χ0v) is 8.54. The van der Waals surface area contributed by atoms with Crippen molar-refractivity contribution in [1.29, 1.82) is 0 Å². The zero-order chi connectivity index (χ0) is 8.48. The number of carbonyl (C=O) groups excluding carboxylic acids is 1. The van der Waals surface area contributed by atoms with E-state index in [1.54, 1.807) is 0 Å². The first-order valence-electron chi connectivity index (χ1n) is 4.19. The summed E-state index contributed by atoms with van der Waals surface area (Å²) in [6.07, 6.45) is 11.0. The molecule has 11 heavy (non-hydrogen) atoms. The summed E-state index contributed by atoms with van der Waals surface area (Å²) in [6.45, 7) is 0. The maximum atomic E-state index is 10.9. The van der Waals surface area contributed by atoms with Crippen molar-refractivity contribution in [2.75, 3.05) is 18.8 Å². The van der Waals surface area contributed by atoms with Gasteiger partial charge in [-0.2, -0.15) is 0 Å². The molecule has 66 valence electrons. The van der Waals surface area contributed by atoms with Crippen molar-refractivity contribution in [3.8, 4) is 0 Å². The fourth-order valence-corrected chi connectivity index (χ4v) is 3.27. The van der Waals surface area contributed by atoms with Crippen molar-refractivity contribution in [2.24, 2.45) is 0 Å². The molecule has 1 fully saturated rings. The Morgan fingerprint density at radius 2 is 1.64 bits per heavy atom. The molecule has 0 aromatic heterocycles. The Morgan fingerprint density at radius 1 is 1.18 bits per heavy atom. The van der Waals surface area contributed by atoms with Crippen molar-refractivity contribution >= 4 is 15.8 Å². The van der Waals surface area contributed by atoms with Crippen LogP contribution in [0.4, 0.5) is 0 Å². The average molecular weight is 174 g/mol. The van der Waals surface area contributed by atoms with Gasteiger partial charge in [0, 0.05) is 12.8 Å². The lowest BCUT2D eigenvalue weighted by molar-refractivity contribution is -0.120. The molecule has 2 heteroatoms. The van der Waals surface area contributed by atoms with Gasteiger partial charge in [-0.3, -0.25) is 4.79 Å². The minimum atomic E-state index is -0.402. The Bertz CT molecular complexity index is 147. The molecule has 1 aliphatic rings. The van der Waals surface area contributed by atoms with Crippen LogP contribution >= 0.6 is 10.0 Å². The maximum absolute atomic E-state index is 10.9. The highest BCUT2D eigenvalue weighted by atomic mass is 32.3. The van der Waals surface area contributed by atoms with E-state index in [2.05, 4.69) is 18.8 Å². The van der Waals surface area contributed by atoms with Crippen LogP contribution in [0.3, 0.4) is 0 Å². The molecule has 1 nitrogen and oxygen atoms in total. The van der Waals surface area contributed by atoms with E-state index in [0.29, 0.717) is 5.78 Å². The molecule has 1 rings (SSSR count). The van der Waals surface area contributed by atoms with Gasteiger partial charge >= 0.3 is 0 Å². The Balaban J connectivity index is 2.45. The van der Waals surface area contributed by atoms with E-state index in [1.165, 1.54) is 0 Å². The summed E-state index contributed by atoms with van der Waals surface area (Å²) in [5.41, 5.74) is 0. The molecule has 1 saturated carbocycles. The van der Waals surface area contributed by atoms with Gasteiger partial charge in [0.1, 0.15) is 5.78 Å². The lowest BCUT2D eigenvalue weighted by Gasteiger charge is -2.38. The highest BCUT2D eigenvalue weighted by Crippen LogP contribution is 2.46. The van der Waals surface area contributed by atoms with Crippen LogP contribution in [-0.4, -0.2) is 29.8 Å². The van der Waals surface area contributed by atoms with Crippen molar-refractivity contribution in [2.45, 2.75) is 30.9 Å². The molecule has 1 aliphatic carbocycles. The number of hydrogen-bond acceptors (Lipinski definition) is 1. The molecule has 0 radical (unpaired) electrons. The van der Waals surface area contributed by atoms with Crippen molar-refractivity contribution in [3.63, 3.8) is 0 Å². The number of rotatable bonds is 1. The third kappa shape index (κ3) is 2.51. The lowest BCUT2D eigenvalue weighted by Crippen LogP contribution is -2.22. The first kappa shape index (κ1) is 9.11. The highest BCUT2D eigenvalue weighted by Gasteiger charge is 2.25. The predicted octanol–water partition coefficient (Wildman–Crippen LogP) is 2.19. The minimum absolute atomic E-state index is 0.402. The van der Waals surface area contributed by atoms with Crippen LogP contribution in [0.1, 0.15) is 25.7 Å². The Morgan fingerprint density at radius 3 is 2.00 bits per heavy atom. The van der Waals surface area contributed by atoms with Crippen LogP contribution in [0.5, 0.6) is 0 Å². The molecule has 0 atom stereocenters. The smallest absolute Gasteiger partial charge is 0.132 e. The van der Waals surface area contributed by atoms with Gasteiger partial charge in [-0.05, 0) is 36.9 Å². The zero-order valence-electron chi connectivity index (χ0n) is 7.72. The van der Waals surface area contributed by atoms with E-state index >= 15 is 0 Å². The largest absolute Gasteiger partial charge is 0.300 e. The van der Waals surface area contributed by atoms with E-state index in [9.17, 15) is 4.79 Å². The number of ketones is 1. The standard InChI is InChI=1S/C9H18OS/c1-11(2,3)9-6-4-8(10)5-7-9/h9H,4-7H2,1-3H3. The topological polar surface area (TPSA) is 17.1 Å². The van der Waals surface area contributed by atoms with Crippen molar-refractivity contribution in [1.82, 2.24) is 0 Å². The highest BCUT2D eigenvalue weighted by molar-refractivity contribution is 8.32. The monoisotopic (exact) mass is 174 g/mol. The second-order valence-electron chi connectivity index (χ2n) is 4.17. The Kier molecular flexibility index (Phi) is 2.63. The summed E-state index contributed by atoms with van der Waals surface area (Å²) in [6, 6.07) is 0. The summed E-state index contributed by atoms with van der Waals surface area (Å²) in [5.74, 6) is 0.477. The number of hydrogen-bond donors (Lipinski definition) is 0. The lowest BCUT2D eigenvalue weighted by atomic mass is 9.99. The molecule has 0 N–H and O–H groups in total. The molecule has 0 saturated heterocycles. The SMILES string of the molecule is CS(C)(C)C1CCC(=O)CC1. The molecular formula is C9H18OS. The van der Waals surface area contributed by atoms with Gasteiger partial charge in [0.05, 0.1) is 0 Å². The van der Waals surface area contributed by atoms with Crippen LogP contribution in [0, 0.1) is 0 Å². The summed E-state index contributed by atoms with van der Waals surface area (Å²) >= 11 is 0. The van der Waals surface area contributed by atoms with Gasteiger partial charge in [-0.15, -0.1) is 0 Å². The molecular weight excluding hydrogens is 156 g/mol. The number of carbonyl (C=O) groups is 1. The van der Waals surface area contributed by atoms with Crippen molar-refractivity contribution < 1.29 is 4.79 Å². The molecule has 0 unspecified atom stereocenters. The van der Waals surface area contributed by atoms with Gasteiger partial charge in [0.25, 0.3) is 0 Å². The van der Waals surface area contributed by atoms with Gasteiger partial charge in [-0.1, -0.05) is 0 Å². The fourth-order valence-electron chi connectivity index (χ4n) is 1.62. The van der Waals surface area contributed by atoms with E-state index in [4.69, 9.17) is 0 Å². The normalized spacial score (nSPS) is 23.7. The summed E-state index contributed by atoms with van der Waals surface area (Å²) < 4.78 is 0. The maximum Gasteiger partial charge on any atom is 0.132 e. The van der Waals surface area contributed by atoms with E-state index in [-0.39, 0.29) is 0 Å². The second-order valence-corrected chi connectivity index (χ2v) is 8.70. The summed E-state index contributed by atoms with van der Waals surface area (Å²) in [5, 5.41) is 0.847. The van der Waals surface area contributed by atoms with Crippen LogP contribution in [0.2, 0.25) is 0 Å². The third-order valence-electron chi connectivity index (χ3n) is 2.49. The Hall–Kier alpha value is 0.0200. The molecule has 0 aliphatic heterocycles. The van der Waals surface area contributed by atoms with Gasteiger partial charge in [0.2, 0.25) is 0 Å². The number of Topliss-reactive ketones (excluding diaryl/α,β-unsaturated/α-hetero) is 1. The quantitative estimate of drug-likeness (QED) is 0.595. The third-order valence-corrected chi connectivity index (χ3v) is 4.96. The van der Waals surface area contributed by atoms with Gasteiger partial charge in [-0.25, -0.2) is 10.0 Å². The average Bonchev–Trinajstić information content (AvgIpc) is 1.86. The predicted molar refractivity (Wildman–Crippen MR) is 52.6 cm³/mol. The molecule has 0 heterocycles. The first-order chi connectivity index (χ1) is 5.00. The molecule has 0 aromatic carbocycles.